The first-order valence-electron chi connectivity index (χ1n) is 7.61. The molecule has 0 atom stereocenters. The number of fused-ring (bicyclic) bond motifs is 1. The molecule has 0 fully saturated rings. The van der Waals surface area contributed by atoms with Crippen LogP contribution < -0.4 is 5.32 Å². The lowest BCUT2D eigenvalue weighted by Gasteiger charge is -1.97. The van der Waals surface area contributed by atoms with E-state index in [0.717, 1.165) is 5.52 Å². The van der Waals surface area contributed by atoms with Crippen LogP contribution in [0.5, 0.6) is 0 Å². The Hall–Kier alpha value is -1.83. The predicted octanol–water partition coefficient (Wildman–Crippen LogP) is 4.68. The van der Waals surface area contributed by atoms with E-state index in [1.54, 1.807) is 5.57 Å². The highest BCUT2D eigenvalue weighted by Gasteiger charge is 2.01. The van der Waals surface area contributed by atoms with Crippen molar-refractivity contribution in [2.45, 2.75) is 39.0 Å². The minimum Gasteiger partial charge on any atom is -0.391 e. The monoisotopic (exact) mass is 268 g/mol. The highest BCUT2D eigenvalue weighted by Crippen LogP contribution is 2.14. The van der Waals surface area contributed by atoms with E-state index < -0.39 is 0 Å². The number of benzene rings is 1. The van der Waals surface area contributed by atoms with Crippen molar-refractivity contribution < 1.29 is 0 Å². The highest BCUT2D eigenvalue weighted by atomic mass is 14.8. The Morgan fingerprint density at radius 3 is 2.70 bits per heavy atom. The third-order valence-electron chi connectivity index (χ3n) is 3.51. The average Bonchev–Trinajstić information content (AvgIpc) is 3.02. The van der Waals surface area contributed by atoms with Gasteiger partial charge in [-0.1, -0.05) is 49.6 Å². The van der Waals surface area contributed by atoms with E-state index in [4.69, 9.17) is 0 Å². The summed E-state index contributed by atoms with van der Waals surface area (Å²) in [5.41, 5.74) is 2.68. The van der Waals surface area contributed by atoms with Gasteiger partial charge in [0.1, 0.15) is 0 Å². The first kappa shape index (κ1) is 14.6. The van der Waals surface area contributed by atoms with Crippen molar-refractivity contribution in [2.24, 2.45) is 0 Å². The van der Waals surface area contributed by atoms with Crippen LogP contribution in [0.15, 0.2) is 54.4 Å². The van der Waals surface area contributed by atoms with Crippen LogP contribution in [0.4, 0.5) is 0 Å². The van der Waals surface area contributed by atoms with E-state index in [0.29, 0.717) is 0 Å². The number of nitrogens with zero attached hydrogens (tertiary/aromatic N) is 1. The molecule has 2 aromatic rings. The van der Waals surface area contributed by atoms with E-state index in [-0.39, 0.29) is 0 Å². The molecule has 0 aliphatic carbocycles. The molecule has 2 nitrogen and oxygen atoms in total. The molecule has 0 radical (unpaired) electrons. The first-order chi connectivity index (χ1) is 9.90. The number of para-hydroxylation sites is 1. The number of pyridine rings is 1. The zero-order valence-electron chi connectivity index (χ0n) is 12.3. The fourth-order valence-corrected chi connectivity index (χ4v) is 2.34. The minimum atomic E-state index is 1.06. The largest absolute Gasteiger partial charge is 0.391 e. The SMILES string of the molecule is CCCCCC1=CNCC1.c1ccc2ncccc2c1. The number of hydrogen-bond donors (Lipinski definition) is 1. The summed E-state index contributed by atoms with van der Waals surface area (Å²) >= 11 is 0. The summed E-state index contributed by atoms with van der Waals surface area (Å²) < 4.78 is 0. The second-order valence-electron chi connectivity index (χ2n) is 5.16. The van der Waals surface area contributed by atoms with Gasteiger partial charge >= 0.3 is 0 Å². The van der Waals surface area contributed by atoms with Crippen molar-refractivity contribution in [1.29, 1.82) is 0 Å². The maximum absolute atomic E-state index is 4.18. The lowest BCUT2D eigenvalue weighted by atomic mass is 10.1. The Kier molecular flexibility index (Phi) is 6.09. The molecule has 1 aliphatic rings. The van der Waals surface area contributed by atoms with Gasteiger partial charge in [0.05, 0.1) is 5.52 Å². The Bertz CT molecular complexity index is 480. The van der Waals surface area contributed by atoms with Gasteiger partial charge in [-0.25, -0.2) is 0 Å². The molecule has 1 N–H and O–H groups in total. The molecule has 0 unspecified atom stereocenters. The molecular formula is C18H24N2. The summed E-state index contributed by atoms with van der Waals surface area (Å²) in [5, 5.41) is 4.44. The Labute approximate surface area is 121 Å². The highest BCUT2D eigenvalue weighted by molar-refractivity contribution is 5.77. The molecule has 1 aromatic heterocycles. The standard InChI is InChI=1S/C9H7N.C9H17N/c1-2-6-9-8(4-1)5-3-7-10-9;1-2-3-4-5-9-6-7-10-8-9/h1-7H;8,10H,2-7H2,1H3. The molecular weight excluding hydrogens is 244 g/mol. The molecule has 0 saturated carbocycles. The number of aromatic nitrogens is 1. The van der Waals surface area contributed by atoms with E-state index in [9.17, 15) is 0 Å². The van der Waals surface area contributed by atoms with Crippen molar-refractivity contribution in [2.75, 3.05) is 6.54 Å². The van der Waals surface area contributed by atoms with Gasteiger partial charge in [-0.3, -0.25) is 4.98 Å². The Balaban J connectivity index is 0.000000147. The zero-order valence-corrected chi connectivity index (χ0v) is 12.3. The maximum atomic E-state index is 4.18. The molecule has 3 rings (SSSR count). The molecule has 2 heterocycles. The number of nitrogens with one attached hydrogen (secondary N) is 1. The molecule has 0 bridgehead atoms. The lowest BCUT2D eigenvalue weighted by molar-refractivity contribution is 0.704. The quantitative estimate of drug-likeness (QED) is 0.814. The van der Waals surface area contributed by atoms with Gasteiger partial charge < -0.3 is 5.32 Å². The van der Waals surface area contributed by atoms with Crippen LogP contribution in [0.1, 0.15) is 39.0 Å². The van der Waals surface area contributed by atoms with E-state index in [2.05, 4.69) is 35.6 Å². The van der Waals surface area contributed by atoms with E-state index in [1.165, 1.54) is 44.0 Å². The maximum Gasteiger partial charge on any atom is 0.0701 e. The third kappa shape index (κ3) is 4.69. The van der Waals surface area contributed by atoms with Gasteiger partial charge in [-0.05, 0) is 37.6 Å². The predicted molar refractivity (Wildman–Crippen MR) is 86.6 cm³/mol. The van der Waals surface area contributed by atoms with Crippen molar-refractivity contribution in [1.82, 2.24) is 10.3 Å². The molecule has 0 spiro atoms. The number of rotatable bonds is 4. The summed E-state index contributed by atoms with van der Waals surface area (Å²) in [7, 11) is 0. The molecule has 0 amide bonds. The van der Waals surface area contributed by atoms with Crippen LogP contribution in [-0.4, -0.2) is 11.5 Å². The lowest BCUT2D eigenvalue weighted by Crippen LogP contribution is -1.96. The number of hydrogen-bond acceptors (Lipinski definition) is 2. The summed E-state index contributed by atoms with van der Waals surface area (Å²) in [6.45, 7) is 3.42. The summed E-state index contributed by atoms with van der Waals surface area (Å²) in [6, 6.07) is 12.1. The molecule has 2 heteroatoms. The normalized spacial score (nSPS) is 13.3. The van der Waals surface area contributed by atoms with Gasteiger partial charge in [-0.2, -0.15) is 0 Å². The second-order valence-corrected chi connectivity index (χ2v) is 5.16. The third-order valence-corrected chi connectivity index (χ3v) is 3.51. The fraction of sp³-hybridized carbons (Fsp3) is 0.389. The fourth-order valence-electron chi connectivity index (χ4n) is 2.34. The van der Waals surface area contributed by atoms with Crippen LogP contribution in [0, 0.1) is 0 Å². The first-order valence-corrected chi connectivity index (χ1v) is 7.61. The molecule has 0 saturated heterocycles. The Morgan fingerprint density at radius 1 is 1.10 bits per heavy atom. The van der Waals surface area contributed by atoms with Crippen LogP contribution >= 0.6 is 0 Å². The second kappa shape index (κ2) is 8.36. The van der Waals surface area contributed by atoms with Crippen LogP contribution in [0.25, 0.3) is 10.9 Å². The van der Waals surface area contributed by atoms with Gasteiger partial charge in [0, 0.05) is 18.1 Å². The van der Waals surface area contributed by atoms with Crippen molar-refractivity contribution in [3.05, 3.63) is 54.4 Å². The molecule has 1 aliphatic heterocycles. The van der Waals surface area contributed by atoms with Gasteiger partial charge in [0.2, 0.25) is 0 Å². The van der Waals surface area contributed by atoms with Crippen LogP contribution in [-0.2, 0) is 0 Å². The summed E-state index contributed by atoms with van der Waals surface area (Å²) in [5.74, 6) is 0. The topological polar surface area (TPSA) is 24.9 Å². The Morgan fingerprint density at radius 2 is 1.95 bits per heavy atom. The van der Waals surface area contributed by atoms with E-state index in [1.807, 2.05) is 30.5 Å². The minimum absolute atomic E-state index is 1.06. The van der Waals surface area contributed by atoms with Crippen LogP contribution in [0.2, 0.25) is 0 Å². The number of unbranched alkanes of at least 4 members (excludes halogenated alkanes) is 2. The summed E-state index contributed by atoms with van der Waals surface area (Å²) in [4.78, 5) is 4.18. The van der Waals surface area contributed by atoms with E-state index >= 15 is 0 Å². The molecule has 20 heavy (non-hydrogen) atoms. The van der Waals surface area contributed by atoms with Crippen molar-refractivity contribution in [3.8, 4) is 0 Å². The molecule has 106 valence electrons. The van der Waals surface area contributed by atoms with Gasteiger partial charge in [0.15, 0.2) is 0 Å². The van der Waals surface area contributed by atoms with Crippen molar-refractivity contribution >= 4 is 10.9 Å². The smallest absolute Gasteiger partial charge is 0.0701 e. The summed E-state index contributed by atoms with van der Waals surface area (Å²) in [6.07, 6.45) is 10.7. The van der Waals surface area contributed by atoms with Crippen molar-refractivity contribution in [3.63, 3.8) is 0 Å². The zero-order chi connectivity index (χ0) is 14.0. The average molecular weight is 268 g/mol. The van der Waals surface area contributed by atoms with Gasteiger partial charge in [-0.15, -0.1) is 0 Å². The van der Waals surface area contributed by atoms with Gasteiger partial charge in [0.25, 0.3) is 0 Å². The van der Waals surface area contributed by atoms with Crippen LogP contribution in [0.3, 0.4) is 0 Å². The molecule has 1 aromatic carbocycles.